The molecule has 2 aromatic carbocycles. The summed E-state index contributed by atoms with van der Waals surface area (Å²) in [5.74, 6) is 0. The van der Waals surface area contributed by atoms with E-state index in [4.69, 9.17) is 0 Å². The van der Waals surface area contributed by atoms with Crippen LogP contribution in [0.25, 0.3) is 16.4 Å². The van der Waals surface area contributed by atoms with Crippen LogP contribution in [0.5, 0.6) is 0 Å². The molecule has 0 saturated heterocycles. The normalized spacial score (nSPS) is 9.05. The van der Waals surface area contributed by atoms with E-state index in [1.54, 1.807) is 0 Å². The average Bonchev–Trinajstić information content (AvgIpc) is 2.43. The Labute approximate surface area is 166 Å². The molecular weight excluding hydrogens is 304 g/mol. The second-order valence-electron chi connectivity index (χ2n) is 4.00. The molecule has 2 heteroatoms. The molecule has 1 nitrogen and oxygen atoms in total. The van der Waals surface area contributed by atoms with Gasteiger partial charge in [-0.3, -0.25) is 0 Å². The van der Waals surface area contributed by atoms with Crippen LogP contribution in [-0.2, 0) is 6.54 Å². The zero-order valence-corrected chi connectivity index (χ0v) is 17.7. The molecule has 0 saturated carbocycles. The first-order valence-corrected chi connectivity index (χ1v) is 6.52. The van der Waals surface area contributed by atoms with Crippen LogP contribution in [0.4, 0.5) is 0 Å². The number of benzene rings is 2. The van der Waals surface area contributed by atoms with Gasteiger partial charge in [-0.2, -0.15) is 7.05 Å². The van der Waals surface area contributed by atoms with E-state index < -0.39 is 0 Å². The van der Waals surface area contributed by atoms with E-state index in [2.05, 4.69) is 60.8 Å². The summed E-state index contributed by atoms with van der Waals surface area (Å²) in [6, 6.07) is 17.1. The maximum absolute atomic E-state index is 4.21. The summed E-state index contributed by atoms with van der Waals surface area (Å²) < 4.78 is 0. The van der Waals surface area contributed by atoms with Crippen molar-refractivity contribution < 1.29 is 58.2 Å². The zero-order valence-electron chi connectivity index (χ0n) is 12.8. The number of rotatable bonds is 3. The predicted octanol–water partition coefficient (Wildman–Crippen LogP) is 2.20. The summed E-state index contributed by atoms with van der Waals surface area (Å²) in [5.41, 5.74) is 5.13. The third kappa shape index (κ3) is 6.01. The van der Waals surface area contributed by atoms with Crippen molar-refractivity contribution in [2.45, 2.75) is 27.3 Å². The standard InChI is InChI=1S/C15H16N.C2H6.Rb/c1-12-7-9-13(10-8-12)15-6-4-3-5-14(15)11-16-2;1-2;/h3-10H,11H2,1-2H3;1-2H3;/q-1;;+1. The molecule has 96 valence electrons. The summed E-state index contributed by atoms with van der Waals surface area (Å²) >= 11 is 0. The zero-order chi connectivity index (χ0) is 13.4. The molecule has 0 aliphatic rings. The number of hydrogen-bond donors (Lipinski definition) is 0. The van der Waals surface area contributed by atoms with Gasteiger partial charge in [0.05, 0.1) is 0 Å². The van der Waals surface area contributed by atoms with Crippen LogP contribution in [0.1, 0.15) is 25.0 Å². The first kappa shape index (κ1) is 19.2. The van der Waals surface area contributed by atoms with Gasteiger partial charge in [-0.1, -0.05) is 73.5 Å². The summed E-state index contributed by atoms with van der Waals surface area (Å²) in [7, 11) is 1.85. The average molecular weight is 326 g/mol. The molecule has 0 bridgehead atoms. The molecule has 0 amide bonds. The van der Waals surface area contributed by atoms with Crippen molar-refractivity contribution in [3.63, 3.8) is 0 Å². The van der Waals surface area contributed by atoms with E-state index in [1.165, 1.54) is 22.3 Å². The Morgan fingerprint density at radius 3 is 2.05 bits per heavy atom. The predicted molar refractivity (Wildman–Crippen MR) is 81.0 cm³/mol. The molecule has 0 atom stereocenters. The van der Waals surface area contributed by atoms with Crippen LogP contribution in [0.15, 0.2) is 48.5 Å². The molecule has 2 rings (SSSR count). The monoisotopic (exact) mass is 325 g/mol. The number of aryl methyl sites for hydroxylation is 1. The Morgan fingerprint density at radius 2 is 1.47 bits per heavy atom. The third-order valence-electron chi connectivity index (χ3n) is 2.71. The van der Waals surface area contributed by atoms with Gasteiger partial charge in [-0.25, -0.2) is 0 Å². The van der Waals surface area contributed by atoms with Gasteiger partial charge in [0, 0.05) is 0 Å². The fourth-order valence-electron chi connectivity index (χ4n) is 1.84. The summed E-state index contributed by atoms with van der Waals surface area (Å²) in [5, 5.41) is 4.21. The smallest absolute Gasteiger partial charge is 0.661 e. The molecule has 0 aromatic heterocycles. The largest absolute Gasteiger partial charge is 1.00 e. The van der Waals surface area contributed by atoms with Gasteiger partial charge in [0.2, 0.25) is 0 Å². The van der Waals surface area contributed by atoms with E-state index in [-0.39, 0.29) is 58.2 Å². The first-order chi connectivity index (χ1) is 8.81. The minimum Gasteiger partial charge on any atom is -0.661 e. The van der Waals surface area contributed by atoms with Gasteiger partial charge in [-0.05, 0) is 18.1 Å². The van der Waals surface area contributed by atoms with Gasteiger partial charge in [0.15, 0.2) is 0 Å². The molecule has 2 aromatic rings. The third-order valence-corrected chi connectivity index (χ3v) is 2.71. The number of hydrogen-bond acceptors (Lipinski definition) is 0. The summed E-state index contributed by atoms with van der Waals surface area (Å²) in [6.07, 6.45) is 0. The van der Waals surface area contributed by atoms with Crippen LogP contribution in [-0.4, -0.2) is 7.05 Å². The fourth-order valence-corrected chi connectivity index (χ4v) is 1.84. The Hall–Kier alpha value is 0.205. The van der Waals surface area contributed by atoms with Crippen molar-refractivity contribution in [2.75, 3.05) is 7.05 Å². The topological polar surface area (TPSA) is 14.1 Å². The summed E-state index contributed by atoms with van der Waals surface area (Å²) in [4.78, 5) is 0. The molecule has 0 N–H and O–H groups in total. The maximum atomic E-state index is 4.21. The quantitative estimate of drug-likeness (QED) is 0.821. The van der Waals surface area contributed by atoms with Gasteiger partial charge >= 0.3 is 58.2 Å². The SMILES string of the molecule is CC.C[N-]Cc1ccccc1-c1ccc(C)cc1.[Rb+]. The molecule has 0 heterocycles. The Balaban J connectivity index is 0.00000103. The minimum atomic E-state index is 0. The van der Waals surface area contributed by atoms with Gasteiger partial charge in [0.1, 0.15) is 0 Å². The van der Waals surface area contributed by atoms with Crippen molar-refractivity contribution in [3.05, 3.63) is 65.0 Å². The van der Waals surface area contributed by atoms with Crippen molar-refractivity contribution in [2.24, 2.45) is 0 Å². The van der Waals surface area contributed by atoms with E-state index in [0.29, 0.717) is 0 Å². The minimum absolute atomic E-state index is 0. The molecule has 0 spiro atoms. The number of nitrogens with zero attached hydrogens (tertiary/aromatic N) is 1. The van der Waals surface area contributed by atoms with E-state index in [0.717, 1.165) is 6.54 Å². The second kappa shape index (κ2) is 10.9. The van der Waals surface area contributed by atoms with Crippen LogP contribution in [0.3, 0.4) is 0 Å². The van der Waals surface area contributed by atoms with Crippen LogP contribution < -0.4 is 58.2 Å². The molecule has 19 heavy (non-hydrogen) atoms. The van der Waals surface area contributed by atoms with Crippen LogP contribution in [0, 0.1) is 6.92 Å². The van der Waals surface area contributed by atoms with E-state index in [1.807, 2.05) is 20.9 Å². The molecule has 0 fully saturated rings. The molecule has 0 aliphatic carbocycles. The van der Waals surface area contributed by atoms with Gasteiger partial charge < -0.3 is 5.32 Å². The molecular formula is C17H22NRb. The first-order valence-electron chi connectivity index (χ1n) is 6.52. The van der Waals surface area contributed by atoms with Crippen molar-refractivity contribution in [1.29, 1.82) is 0 Å². The van der Waals surface area contributed by atoms with Gasteiger partial charge in [-0.15, -0.1) is 6.54 Å². The van der Waals surface area contributed by atoms with Crippen molar-refractivity contribution >= 4 is 0 Å². The van der Waals surface area contributed by atoms with Gasteiger partial charge in [0.25, 0.3) is 0 Å². The second-order valence-corrected chi connectivity index (χ2v) is 4.00. The van der Waals surface area contributed by atoms with Crippen molar-refractivity contribution in [3.8, 4) is 11.1 Å². The molecule has 0 radical (unpaired) electrons. The molecule has 0 aliphatic heterocycles. The van der Waals surface area contributed by atoms with E-state index in [9.17, 15) is 0 Å². The van der Waals surface area contributed by atoms with Crippen LogP contribution >= 0.6 is 0 Å². The van der Waals surface area contributed by atoms with Crippen LogP contribution in [0.2, 0.25) is 0 Å². The molecule has 0 unspecified atom stereocenters. The fraction of sp³-hybridized carbons (Fsp3) is 0.294. The van der Waals surface area contributed by atoms with E-state index >= 15 is 0 Å². The Bertz CT molecular complexity index is 463. The van der Waals surface area contributed by atoms with Crippen molar-refractivity contribution in [1.82, 2.24) is 0 Å². The summed E-state index contributed by atoms with van der Waals surface area (Å²) in [6.45, 7) is 6.89. The Kier molecular flexibility index (Phi) is 11.0. The Morgan fingerprint density at radius 1 is 0.895 bits per heavy atom. The maximum Gasteiger partial charge on any atom is 1.00 e.